The topological polar surface area (TPSA) is 61.4 Å². The molecule has 4 aromatic heterocycles. The third-order valence-electron chi connectivity index (χ3n) is 8.71. The zero-order valence-electron chi connectivity index (χ0n) is 27.5. The first-order valence-corrected chi connectivity index (χ1v) is 16.3. The van der Waals surface area contributed by atoms with E-state index in [0.29, 0.717) is 11.6 Å². The van der Waals surface area contributed by atoms with Crippen molar-refractivity contribution in [1.82, 2.24) is 29.5 Å². The smallest absolute Gasteiger partial charge is 0.311 e. The minimum absolute atomic E-state index is 0. The van der Waals surface area contributed by atoms with Crippen molar-refractivity contribution in [2.24, 2.45) is 0 Å². The van der Waals surface area contributed by atoms with Crippen LogP contribution in [0.5, 0.6) is 0 Å². The SMILES string of the molecule is CC(C)(c1cccc(-n2[c-]c(-c3ccccc3)c(-c3ccccc3)n2)n1)c1cccc(-n2[c-]c(-c3ccccc3)c(-c3ccccc3)n2)n1.[Pt+2]. The zero-order chi connectivity index (χ0) is 33.2. The molecule has 0 saturated carbocycles. The van der Waals surface area contributed by atoms with Crippen LogP contribution in [-0.4, -0.2) is 29.5 Å². The molecule has 0 spiro atoms. The Bertz CT molecular complexity index is 2070. The van der Waals surface area contributed by atoms with Gasteiger partial charge in [0.15, 0.2) is 0 Å². The van der Waals surface area contributed by atoms with E-state index in [-0.39, 0.29) is 21.1 Å². The van der Waals surface area contributed by atoms with Crippen molar-refractivity contribution in [1.29, 1.82) is 0 Å². The van der Waals surface area contributed by atoms with E-state index in [1.165, 1.54) is 0 Å². The summed E-state index contributed by atoms with van der Waals surface area (Å²) in [6.45, 7) is 4.28. The fourth-order valence-electron chi connectivity index (χ4n) is 6.00. The van der Waals surface area contributed by atoms with Gasteiger partial charge in [0, 0.05) is 28.2 Å². The maximum atomic E-state index is 5.13. The van der Waals surface area contributed by atoms with Gasteiger partial charge in [0.2, 0.25) is 0 Å². The van der Waals surface area contributed by atoms with Gasteiger partial charge in [-0.3, -0.25) is 9.97 Å². The summed E-state index contributed by atoms with van der Waals surface area (Å²) < 4.78 is 3.51. The summed E-state index contributed by atoms with van der Waals surface area (Å²) in [5.74, 6) is 1.36. The molecule has 0 aliphatic carbocycles. The summed E-state index contributed by atoms with van der Waals surface area (Å²) in [5, 5.41) is 10.0. The summed E-state index contributed by atoms with van der Waals surface area (Å²) in [4.78, 5) is 10.3. The molecule has 0 aliphatic rings. The molecule has 0 radical (unpaired) electrons. The molecule has 8 rings (SSSR count). The largest absolute Gasteiger partial charge is 2.00 e. The first-order chi connectivity index (χ1) is 24.0. The fraction of sp³-hybridized carbons (Fsp3) is 0.0698. The predicted molar refractivity (Wildman–Crippen MR) is 194 cm³/mol. The van der Waals surface area contributed by atoms with Gasteiger partial charge in [-0.2, -0.15) is 0 Å². The molecule has 0 amide bonds. The Morgan fingerprint density at radius 1 is 0.420 bits per heavy atom. The van der Waals surface area contributed by atoms with E-state index in [1.807, 2.05) is 109 Å². The summed E-state index contributed by atoms with van der Waals surface area (Å²) in [5.41, 5.74) is 8.88. The van der Waals surface area contributed by atoms with E-state index in [9.17, 15) is 0 Å². The molecule has 50 heavy (non-hydrogen) atoms. The molecule has 0 atom stereocenters. The van der Waals surface area contributed by atoms with Gasteiger partial charge in [0.05, 0.1) is 11.6 Å². The molecular formula is C43H32N6Pt. The van der Waals surface area contributed by atoms with E-state index in [1.54, 1.807) is 9.36 Å². The van der Waals surface area contributed by atoms with Crippen molar-refractivity contribution in [3.8, 4) is 56.4 Å². The van der Waals surface area contributed by atoms with Gasteiger partial charge in [-0.15, -0.1) is 0 Å². The van der Waals surface area contributed by atoms with Crippen molar-refractivity contribution < 1.29 is 21.1 Å². The van der Waals surface area contributed by atoms with E-state index >= 15 is 0 Å². The Balaban J connectivity index is 0.00000392. The minimum Gasteiger partial charge on any atom is -0.311 e. The van der Waals surface area contributed by atoms with Crippen LogP contribution in [0, 0.1) is 12.4 Å². The molecule has 0 saturated heterocycles. The molecule has 0 unspecified atom stereocenters. The quantitative estimate of drug-likeness (QED) is 0.143. The fourth-order valence-corrected chi connectivity index (χ4v) is 6.00. The number of pyridine rings is 2. The van der Waals surface area contributed by atoms with Crippen molar-refractivity contribution >= 4 is 0 Å². The maximum absolute atomic E-state index is 5.13. The van der Waals surface area contributed by atoms with E-state index in [4.69, 9.17) is 20.2 Å². The Hall–Kier alpha value is -5.71. The summed E-state index contributed by atoms with van der Waals surface area (Å²) in [7, 11) is 0. The van der Waals surface area contributed by atoms with Gasteiger partial charge < -0.3 is 9.36 Å². The molecule has 0 aliphatic heterocycles. The van der Waals surface area contributed by atoms with E-state index in [2.05, 4.69) is 74.8 Å². The molecule has 4 aromatic carbocycles. The van der Waals surface area contributed by atoms with E-state index < -0.39 is 5.41 Å². The van der Waals surface area contributed by atoms with Crippen LogP contribution in [0.25, 0.3) is 56.4 Å². The van der Waals surface area contributed by atoms with Gasteiger partial charge in [-0.1, -0.05) is 168 Å². The van der Waals surface area contributed by atoms with Gasteiger partial charge in [-0.25, -0.2) is 10.2 Å². The standard InChI is InChI=1S/C43H32N6.Pt/c1-43(2,37-25-15-27-39(44-37)48-29-35(31-17-7-3-8-18-31)41(46-48)33-21-11-5-12-22-33)38-26-16-28-40(45-38)49-30-36(32-19-9-4-10-20-32)42(47-49)34-23-13-6-14-24-34;/h3-28H,1-2H3;/q-2;+2. The Labute approximate surface area is 306 Å². The molecule has 4 heterocycles. The normalized spacial score (nSPS) is 11.2. The number of rotatable bonds is 8. The molecule has 0 bridgehead atoms. The van der Waals surface area contributed by atoms with Crippen LogP contribution in [0.3, 0.4) is 0 Å². The first-order valence-electron chi connectivity index (χ1n) is 16.3. The minimum atomic E-state index is -0.540. The van der Waals surface area contributed by atoms with Crippen LogP contribution in [0.15, 0.2) is 158 Å². The van der Waals surface area contributed by atoms with Gasteiger partial charge >= 0.3 is 21.1 Å². The number of benzene rings is 4. The van der Waals surface area contributed by atoms with Crippen molar-refractivity contribution in [3.63, 3.8) is 0 Å². The molecule has 0 fully saturated rings. The van der Waals surface area contributed by atoms with Crippen LogP contribution < -0.4 is 0 Å². The van der Waals surface area contributed by atoms with Crippen LogP contribution in [-0.2, 0) is 26.5 Å². The Morgan fingerprint density at radius 2 is 0.760 bits per heavy atom. The Morgan fingerprint density at radius 3 is 1.12 bits per heavy atom. The Kier molecular flexibility index (Phi) is 9.21. The van der Waals surface area contributed by atoms with Crippen molar-refractivity contribution in [2.45, 2.75) is 19.3 Å². The molecule has 244 valence electrons. The second kappa shape index (κ2) is 14.0. The second-order valence-corrected chi connectivity index (χ2v) is 12.3. The van der Waals surface area contributed by atoms with Crippen molar-refractivity contribution in [3.05, 3.63) is 182 Å². The number of nitrogens with zero attached hydrogens (tertiary/aromatic N) is 6. The number of hydrogen-bond acceptors (Lipinski definition) is 4. The van der Waals surface area contributed by atoms with E-state index in [0.717, 1.165) is 56.2 Å². The molecule has 8 aromatic rings. The summed E-state index contributed by atoms with van der Waals surface area (Å²) in [6.07, 6.45) is 7.02. The number of aromatic nitrogens is 6. The average molecular weight is 828 g/mol. The average Bonchev–Trinajstić information content (AvgIpc) is 3.83. The van der Waals surface area contributed by atoms with Gasteiger partial charge in [0.25, 0.3) is 0 Å². The van der Waals surface area contributed by atoms with Crippen LogP contribution in [0.2, 0.25) is 0 Å². The van der Waals surface area contributed by atoms with Crippen molar-refractivity contribution in [2.75, 3.05) is 0 Å². The predicted octanol–water partition coefficient (Wildman–Crippen LogP) is 9.44. The molecule has 0 N–H and O–H groups in total. The third-order valence-corrected chi connectivity index (χ3v) is 8.71. The monoisotopic (exact) mass is 827 g/mol. The van der Waals surface area contributed by atoms with Crippen LogP contribution in [0.4, 0.5) is 0 Å². The van der Waals surface area contributed by atoms with Crippen LogP contribution >= 0.6 is 0 Å². The summed E-state index contributed by atoms with van der Waals surface area (Å²) in [6, 6.07) is 52.9. The van der Waals surface area contributed by atoms with Crippen LogP contribution in [0.1, 0.15) is 25.2 Å². The zero-order valence-corrected chi connectivity index (χ0v) is 29.8. The van der Waals surface area contributed by atoms with Gasteiger partial charge in [0.1, 0.15) is 0 Å². The van der Waals surface area contributed by atoms with Gasteiger partial charge in [-0.05, 0) is 49.5 Å². The first kappa shape index (κ1) is 32.8. The molecule has 6 nitrogen and oxygen atoms in total. The third kappa shape index (κ3) is 6.38. The number of hydrogen-bond donors (Lipinski definition) is 0. The maximum Gasteiger partial charge on any atom is 2.00 e. The molecule has 7 heteroatoms. The molecular weight excluding hydrogens is 796 g/mol. The summed E-state index contributed by atoms with van der Waals surface area (Å²) >= 11 is 0. The second-order valence-electron chi connectivity index (χ2n) is 12.3.